The van der Waals surface area contributed by atoms with E-state index < -0.39 is 12.9 Å². The van der Waals surface area contributed by atoms with Crippen molar-refractivity contribution in [3.63, 3.8) is 0 Å². The molecule has 0 bridgehead atoms. The van der Waals surface area contributed by atoms with E-state index in [9.17, 15) is 4.39 Å². The molecule has 0 saturated heterocycles. The highest BCUT2D eigenvalue weighted by Gasteiger charge is 2.17. The summed E-state index contributed by atoms with van der Waals surface area (Å²) in [6.45, 7) is 0. The summed E-state index contributed by atoms with van der Waals surface area (Å²) in [7, 11) is -1.84. The number of pyridine rings is 1. The third-order valence-electron chi connectivity index (χ3n) is 2.01. The molecule has 2 N–H and O–H groups in total. The van der Waals surface area contributed by atoms with Gasteiger partial charge in [0, 0.05) is 30.1 Å². The van der Waals surface area contributed by atoms with Crippen molar-refractivity contribution in [3.05, 3.63) is 42.6 Å². The molecule has 76 valence electrons. The summed E-state index contributed by atoms with van der Waals surface area (Å²) in [4.78, 5) is 3.91. The first-order valence-electron chi connectivity index (χ1n) is 4.33. The summed E-state index contributed by atoms with van der Waals surface area (Å²) in [6, 6.07) is 4.72. The molecule has 0 aliphatic rings. The Morgan fingerprint density at radius 2 is 1.93 bits per heavy atom. The molecule has 6 heteroatoms. The lowest BCUT2D eigenvalue weighted by Gasteiger charge is -2.05. The molecule has 2 aromatic heterocycles. The first-order chi connectivity index (χ1) is 7.18. The summed E-state index contributed by atoms with van der Waals surface area (Å²) in [5, 5.41) is 17.6. The molecule has 15 heavy (non-hydrogen) atoms. The molecule has 0 fully saturated rings. The van der Waals surface area contributed by atoms with Crippen LogP contribution in [0.2, 0.25) is 0 Å². The first kappa shape index (κ1) is 9.88. The van der Waals surface area contributed by atoms with Crippen LogP contribution in [0.5, 0.6) is 0 Å². The molecule has 0 radical (unpaired) electrons. The number of halogens is 1. The van der Waals surface area contributed by atoms with Crippen molar-refractivity contribution in [3.8, 4) is 5.82 Å². The summed E-state index contributed by atoms with van der Waals surface area (Å²) in [5.74, 6) is -0.300. The van der Waals surface area contributed by atoms with Crippen LogP contribution in [0.15, 0.2) is 36.8 Å². The van der Waals surface area contributed by atoms with E-state index in [4.69, 9.17) is 10.0 Å². The average Bonchev–Trinajstić information content (AvgIpc) is 2.69. The van der Waals surface area contributed by atoms with Gasteiger partial charge in [-0.1, -0.05) is 0 Å². The molecule has 0 saturated carbocycles. The Labute approximate surface area is 85.8 Å². The Morgan fingerprint density at radius 3 is 2.47 bits per heavy atom. The molecule has 0 aliphatic carbocycles. The van der Waals surface area contributed by atoms with E-state index in [2.05, 4.69) is 4.98 Å². The molecular weight excluding hydrogens is 198 g/mol. The van der Waals surface area contributed by atoms with E-state index in [0.29, 0.717) is 5.82 Å². The summed E-state index contributed by atoms with van der Waals surface area (Å²) in [6.07, 6.45) is 4.54. The number of nitrogens with zero attached hydrogens (tertiary/aromatic N) is 2. The predicted octanol–water partition coefficient (Wildman–Crippen LogP) is -0.309. The van der Waals surface area contributed by atoms with Gasteiger partial charge in [-0.25, -0.2) is 9.37 Å². The number of rotatable bonds is 2. The maximum Gasteiger partial charge on any atom is 0.493 e. The second-order valence-electron chi connectivity index (χ2n) is 3.03. The van der Waals surface area contributed by atoms with Crippen molar-refractivity contribution >= 4 is 12.6 Å². The van der Waals surface area contributed by atoms with Gasteiger partial charge >= 0.3 is 7.12 Å². The second kappa shape index (κ2) is 3.84. The zero-order chi connectivity index (χ0) is 10.8. The minimum absolute atomic E-state index is 0.231. The lowest BCUT2D eigenvalue weighted by atomic mass is 9.81. The predicted molar refractivity (Wildman–Crippen MR) is 53.3 cm³/mol. The monoisotopic (exact) mass is 206 g/mol. The number of hydrogen-bond acceptors (Lipinski definition) is 3. The number of aromatic nitrogens is 2. The Bertz CT molecular complexity index is 459. The highest BCUT2D eigenvalue weighted by atomic mass is 19.1. The summed E-state index contributed by atoms with van der Waals surface area (Å²) < 4.78 is 14.9. The normalized spacial score (nSPS) is 10.3. The largest absolute Gasteiger partial charge is 0.493 e. The summed E-state index contributed by atoms with van der Waals surface area (Å²) >= 11 is 0. The van der Waals surface area contributed by atoms with E-state index in [1.807, 2.05) is 0 Å². The van der Waals surface area contributed by atoms with E-state index in [0.717, 1.165) is 12.3 Å². The summed E-state index contributed by atoms with van der Waals surface area (Å²) in [5.41, 5.74) is -0.231. The Kier molecular flexibility index (Phi) is 2.53. The van der Waals surface area contributed by atoms with Gasteiger partial charge in [-0.05, 0) is 12.1 Å². The highest BCUT2D eigenvalue weighted by molar-refractivity contribution is 6.58. The fourth-order valence-corrected chi connectivity index (χ4v) is 1.25. The molecule has 2 rings (SSSR count). The van der Waals surface area contributed by atoms with Gasteiger partial charge in [0.1, 0.15) is 11.6 Å². The molecule has 0 atom stereocenters. The van der Waals surface area contributed by atoms with Gasteiger partial charge in [-0.15, -0.1) is 0 Å². The van der Waals surface area contributed by atoms with E-state index >= 15 is 0 Å². The first-order valence-corrected chi connectivity index (χ1v) is 4.33. The van der Waals surface area contributed by atoms with Crippen molar-refractivity contribution in [2.24, 2.45) is 0 Å². The minimum Gasteiger partial charge on any atom is -0.423 e. The second-order valence-corrected chi connectivity index (χ2v) is 3.03. The van der Waals surface area contributed by atoms with Gasteiger partial charge in [0.15, 0.2) is 0 Å². The van der Waals surface area contributed by atoms with Crippen molar-refractivity contribution in [2.75, 3.05) is 0 Å². The van der Waals surface area contributed by atoms with Crippen molar-refractivity contribution in [2.45, 2.75) is 0 Å². The molecule has 2 heterocycles. The van der Waals surface area contributed by atoms with Crippen LogP contribution in [0.25, 0.3) is 5.82 Å². The van der Waals surface area contributed by atoms with Gasteiger partial charge in [-0.3, -0.25) is 0 Å². The number of hydrogen-bond donors (Lipinski definition) is 2. The minimum atomic E-state index is -1.84. The lowest BCUT2D eigenvalue weighted by Crippen LogP contribution is -2.33. The van der Waals surface area contributed by atoms with Crippen LogP contribution >= 0.6 is 0 Å². The topological polar surface area (TPSA) is 58.3 Å². The maximum absolute atomic E-state index is 13.3. The zero-order valence-electron chi connectivity index (χ0n) is 7.71. The lowest BCUT2D eigenvalue weighted by molar-refractivity contribution is 0.422. The van der Waals surface area contributed by atoms with Crippen LogP contribution in [0, 0.1) is 5.82 Å². The molecule has 2 aromatic rings. The fraction of sp³-hybridized carbons (Fsp3) is 0. The molecule has 4 nitrogen and oxygen atoms in total. The molecule has 0 amide bonds. The van der Waals surface area contributed by atoms with Crippen LogP contribution in [-0.2, 0) is 0 Å². The van der Waals surface area contributed by atoms with Crippen LogP contribution < -0.4 is 5.46 Å². The Balaban J connectivity index is 2.42. The van der Waals surface area contributed by atoms with Crippen LogP contribution in [0.3, 0.4) is 0 Å². The Morgan fingerprint density at radius 1 is 1.27 bits per heavy atom. The van der Waals surface area contributed by atoms with Gasteiger partial charge < -0.3 is 14.6 Å². The molecular formula is C9H8BFN2O2. The van der Waals surface area contributed by atoms with Gasteiger partial charge in [-0.2, -0.15) is 0 Å². The van der Waals surface area contributed by atoms with E-state index in [1.165, 1.54) is 0 Å². The molecule has 0 unspecified atom stereocenters. The molecule has 0 spiro atoms. The van der Waals surface area contributed by atoms with Crippen molar-refractivity contribution < 1.29 is 14.4 Å². The SMILES string of the molecule is OB(O)c1cnc(-n2cccc2)cc1F. The van der Waals surface area contributed by atoms with Crippen LogP contribution in [-0.4, -0.2) is 26.7 Å². The smallest absolute Gasteiger partial charge is 0.423 e. The molecule has 0 aromatic carbocycles. The van der Waals surface area contributed by atoms with E-state index in [-0.39, 0.29) is 5.46 Å². The van der Waals surface area contributed by atoms with Gasteiger partial charge in [0.25, 0.3) is 0 Å². The molecule has 0 aliphatic heterocycles. The Hall–Kier alpha value is -1.66. The van der Waals surface area contributed by atoms with Crippen molar-refractivity contribution in [1.82, 2.24) is 9.55 Å². The zero-order valence-corrected chi connectivity index (χ0v) is 7.71. The van der Waals surface area contributed by atoms with Crippen molar-refractivity contribution in [1.29, 1.82) is 0 Å². The average molecular weight is 206 g/mol. The fourth-order valence-electron chi connectivity index (χ4n) is 1.25. The highest BCUT2D eigenvalue weighted by Crippen LogP contribution is 2.05. The maximum atomic E-state index is 13.3. The quantitative estimate of drug-likeness (QED) is 0.662. The third-order valence-corrected chi connectivity index (χ3v) is 2.01. The van der Waals surface area contributed by atoms with E-state index in [1.54, 1.807) is 29.1 Å². The van der Waals surface area contributed by atoms with Gasteiger partial charge in [0.05, 0.1) is 0 Å². The standard InChI is InChI=1S/C9H8BFN2O2/c11-8-5-9(13-3-1-2-4-13)12-6-7(8)10(14)15/h1-6,14-15H. The van der Waals surface area contributed by atoms with Crippen LogP contribution in [0.1, 0.15) is 0 Å². The third kappa shape index (κ3) is 1.90. The van der Waals surface area contributed by atoms with Crippen LogP contribution in [0.4, 0.5) is 4.39 Å². The van der Waals surface area contributed by atoms with Gasteiger partial charge in [0.2, 0.25) is 0 Å².